The van der Waals surface area contributed by atoms with Crippen molar-refractivity contribution >= 4 is 11.4 Å². The van der Waals surface area contributed by atoms with Crippen LogP contribution in [0.5, 0.6) is 0 Å². The molecule has 0 heterocycles. The van der Waals surface area contributed by atoms with Crippen molar-refractivity contribution in [2.45, 2.75) is 51.0 Å². The molecule has 0 amide bonds. The molecule has 1 aromatic rings. The molecule has 0 aliphatic heterocycles. The molecular weight excluding hydrogens is 228 g/mol. The van der Waals surface area contributed by atoms with Crippen molar-refractivity contribution in [2.24, 2.45) is 0 Å². The largest absolute Gasteiger partial charge is 0.374 e. The maximum Gasteiger partial charge on any atom is 0.292 e. The first-order chi connectivity index (χ1) is 8.67. The average Bonchev–Trinajstić information content (AvgIpc) is 2.40. The molecule has 4 nitrogen and oxygen atoms in total. The molecular formula is C14H20N2O2. The van der Waals surface area contributed by atoms with Crippen LogP contribution in [0, 0.1) is 10.1 Å². The molecule has 1 saturated carbocycles. The van der Waals surface area contributed by atoms with Gasteiger partial charge in [0.05, 0.1) is 4.92 Å². The van der Waals surface area contributed by atoms with Gasteiger partial charge >= 0.3 is 0 Å². The highest BCUT2D eigenvalue weighted by atomic mass is 16.6. The molecule has 1 aliphatic carbocycles. The summed E-state index contributed by atoms with van der Waals surface area (Å²) in [6.07, 6.45) is 6.92. The topological polar surface area (TPSA) is 55.2 Å². The number of nitro groups is 1. The van der Waals surface area contributed by atoms with Crippen LogP contribution in [-0.2, 0) is 0 Å². The van der Waals surface area contributed by atoms with E-state index in [2.05, 4.69) is 12.2 Å². The number of para-hydroxylation sites is 2. The smallest absolute Gasteiger partial charge is 0.292 e. The van der Waals surface area contributed by atoms with Crippen molar-refractivity contribution in [3.05, 3.63) is 34.4 Å². The minimum Gasteiger partial charge on any atom is -0.374 e. The van der Waals surface area contributed by atoms with E-state index in [9.17, 15) is 10.1 Å². The van der Waals surface area contributed by atoms with Gasteiger partial charge in [-0.1, -0.05) is 38.3 Å². The van der Waals surface area contributed by atoms with Gasteiger partial charge in [-0.25, -0.2) is 0 Å². The second-order valence-electron chi connectivity index (χ2n) is 5.09. The highest BCUT2D eigenvalue weighted by molar-refractivity contribution is 5.62. The van der Waals surface area contributed by atoms with E-state index in [1.807, 2.05) is 12.1 Å². The molecule has 1 aliphatic rings. The van der Waals surface area contributed by atoms with E-state index in [-0.39, 0.29) is 16.1 Å². The highest BCUT2D eigenvalue weighted by Crippen LogP contribution is 2.36. The van der Waals surface area contributed by atoms with E-state index in [0.717, 1.165) is 19.3 Å². The summed E-state index contributed by atoms with van der Waals surface area (Å²) in [7, 11) is 0. The number of anilines is 1. The monoisotopic (exact) mass is 248 g/mol. The lowest BCUT2D eigenvalue weighted by molar-refractivity contribution is -0.384. The summed E-state index contributed by atoms with van der Waals surface area (Å²) in [5.41, 5.74) is 0.881. The van der Waals surface area contributed by atoms with Gasteiger partial charge in [0, 0.05) is 11.6 Å². The molecule has 4 heteroatoms. The SMILES string of the molecule is CCC1(Nc2ccccc2[N+](=O)[O-])CCCCC1. The van der Waals surface area contributed by atoms with Gasteiger partial charge in [-0.2, -0.15) is 0 Å². The zero-order valence-corrected chi connectivity index (χ0v) is 10.8. The van der Waals surface area contributed by atoms with Gasteiger partial charge in [0.1, 0.15) is 5.69 Å². The molecule has 18 heavy (non-hydrogen) atoms. The number of hydrogen-bond donors (Lipinski definition) is 1. The molecule has 0 atom stereocenters. The summed E-state index contributed by atoms with van der Waals surface area (Å²) >= 11 is 0. The molecule has 1 N–H and O–H groups in total. The van der Waals surface area contributed by atoms with Gasteiger partial charge in [-0.05, 0) is 25.3 Å². The standard InChI is InChI=1S/C14H20N2O2/c1-2-14(10-6-3-7-11-14)15-12-8-4-5-9-13(12)16(17)18/h4-5,8-9,15H,2-3,6-7,10-11H2,1H3. The van der Waals surface area contributed by atoms with E-state index in [1.165, 1.54) is 19.3 Å². The normalized spacial score (nSPS) is 18.3. The van der Waals surface area contributed by atoms with Crippen LogP contribution in [0.2, 0.25) is 0 Å². The maximum absolute atomic E-state index is 11.0. The molecule has 98 valence electrons. The summed E-state index contributed by atoms with van der Waals surface area (Å²) < 4.78 is 0. The number of nitrogens with zero attached hydrogens (tertiary/aromatic N) is 1. The van der Waals surface area contributed by atoms with Crippen LogP contribution in [0.15, 0.2) is 24.3 Å². The highest BCUT2D eigenvalue weighted by Gasteiger charge is 2.31. The number of nitrogens with one attached hydrogen (secondary N) is 1. The molecule has 2 rings (SSSR count). The lowest BCUT2D eigenvalue weighted by Crippen LogP contribution is -2.39. The van der Waals surface area contributed by atoms with Crippen LogP contribution < -0.4 is 5.32 Å². The first-order valence-corrected chi connectivity index (χ1v) is 6.68. The van der Waals surface area contributed by atoms with E-state index in [1.54, 1.807) is 12.1 Å². The molecule has 0 radical (unpaired) electrons. The number of rotatable bonds is 4. The second-order valence-corrected chi connectivity index (χ2v) is 5.09. The molecule has 0 bridgehead atoms. The van der Waals surface area contributed by atoms with Gasteiger partial charge in [-0.3, -0.25) is 10.1 Å². The Labute approximate surface area is 108 Å². The fraction of sp³-hybridized carbons (Fsp3) is 0.571. The van der Waals surface area contributed by atoms with Crippen molar-refractivity contribution in [3.8, 4) is 0 Å². The maximum atomic E-state index is 11.0. The van der Waals surface area contributed by atoms with Crippen LogP contribution in [0.4, 0.5) is 11.4 Å². The molecule has 0 spiro atoms. The second kappa shape index (κ2) is 5.38. The Bertz CT molecular complexity index is 426. The predicted molar refractivity (Wildman–Crippen MR) is 72.8 cm³/mol. The average molecular weight is 248 g/mol. The van der Waals surface area contributed by atoms with Crippen molar-refractivity contribution < 1.29 is 4.92 Å². The summed E-state index contributed by atoms with van der Waals surface area (Å²) in [6, 6.07) is 6.93. The van der Waals surface area contributed by atoms with Crippen molar-refractivity contribution in [3.63, 3.8) is 0 Å². The quantitative estimate of drug-likeness (QED) is 0.644. The van der Waals surface area contributed by atoms with Gasteiger partial charge in [0.25, 0.3) is 5.69 Å². The van der Waals surface area contributed by atoms with E-state index >= 15 is 0 Å². The van der Waals surface area contributed by atoms with Gasteiger partial charge < -0.3 is 5.32 Å². The van der Waals surface area contributed by atoms with E-state index in [4.69, 9.17) is 0 Å². The summed E-state index contributed by atoms with van der Waals surface area (Å²) in [5.74, 6) is 0. The Balaban J connectivity index is 2.24. The Morgan fingerprint density at radius 1 is 1.28 bits per heavy atom. The van der Waals surface area contributed by atoms with Crippen molar-refractivity contribution in [1.82, 2.24) is 0 Å². The summed E-state index contributed by atoms with van der Waals surface area (Å²) in [4.78, 5) is 10.7. The fourth-order valence-electron chi connectivity index (χ4n) is 2.82. The minimum atomic E-state index is -0.311. The summed E-state index contributed by atoms with van der Waals surface area (Å²) in [6.45, 7) is 2.16. The fourth-order valence-corrected chi connectivity index (χ4v) is 2.82. The number of benzene rings is 1. The molecule has 0 aromatic heterocycles. The van der Waals surface area contributed by atoms with Crippen LogP contribution >= 0.6 is 0 Å². The predicted octanol–water partition coefficient (Wildman–Crippen LogP) is 4.12. The Kier molecular flexibility index (Phi) is 3.84. The van der Waals surface area contributed by atoms with Crippen LogP contribution in [0.1, 0.15) is 45.4 Å². The Morgan fingerprint density at radius 3 is 2.56 bits per heavy atom. The molecule has 0 unspecified atom stereocenters. The molecule has 1 aromatic carbocycles. The summed E-state index contributed by atoms with van der Waals surface area (Å²) in [5, 5.41) is 14.5. The van der Waals surface area contributed by atoms with Crippen molar-refractivity contribution in [1.29, 1.82) is 0 Å². The third-order valence-electron chi connectivity index (χ3n) is 3.99. The van der Waals surface area contributed by atoms with E-state index in [0.29, 0.717) is 5.69 Å². The lowest BCUT2D eigenvalue weighted by Gasteiger charge is -2.38. The zero-order valence-electron chi connectivity index (χ0n) is 10.8. The zero-order chi connectivity index (χ0) is 13.0. The third kappa shape index (κ3) is 2.63. The van der Waals surface area contributed by atoms with Crippen LogP contribution in [0.25, 0.3) is 0 Å². The van der Waals surface area contributed by atoms with E-state index < -0.39 is 0 Å². The first kappa shape index (κ1) is 12.9. The van der Waals surface area contributed by atoms with Crippen molar-refractivity contribution in [2.75, 3.05) is 5.32 Å². The lowest BCUT2D eigenvalue weighted by atomic mass is 9.79. The number of nitro benzene ring substituents is 1. The van der Waals surface area contributed by atoms with Crippen LogP contribution in [-0.4, -0.2) is 10.5 Å². The number of hydrogen-bond acceptors (Lipinski definition) is 3. The van der Waals surface area contributed by atoms with Crippen LogP contribution in [0.3, 0.4) is 0 Å². The molecule has 1 fully saturated rings. The Hall–Kier alpha value is -1.58. The first-order valence-electron chi connectivity index (χ1n) is 6.68. The van der Waals surface area contributed by atoms with Gasteiger partial charge in [-0.15, -0.1) is 0 Å². The molecule has 0 saturated heterocycles. The minimum absolute atomic E-state index is 0.0460. The van der Waals surface area contributed by atoms with Gasteiger partial charge in [0.2, 0.25) is 0 Å². The third-order valence-corrected chi connectivity index (χ3v) is 3.99. The van der Waals surface area contributed by atoms with Gasteiger partial charge in [0.15, 0.2) is 0 Å². The Morgan fingerprint density at radius 2 is 1.94 bits per heavy atom.